The SMILES string of the molecule is CCOC(=O)c1sc(NC(=O)CSc2nnc3c4c(C)c(C)sc4ncn23)nc1C. The fourth-order valence-electron chi connectivity index (χ4n) is 2.84. The van der Waals surface area contributed by atoms with E-state index in [4.69, 9.17) is 4.74 Å². The Labute approximate surface area is 183 Å². The quantitative estimate of drug-likeness (QED) is 0.342. The second kappa shape index (κ2) is 8.28. The first-order valence-corrected chi connectivity index (χ1v) is 11.7. The van der Waals surface area contributed by atoms with Gasteiger partial charge in [-0.2, -0.15) is 0 Å². The third kappa shape index (κ3) is 3.77. The summed E-state index contributed by atoms with van der Waals surface area (Å²) < 4.78 is 6.79. The molecular formula is C18H18N6O3S3. The number of amides is 1. The van der Waals surface area contributed by atoms with Crippen LogP contribution < -0.4 is 5.32 Å². The number of thiophene rings is 1. The Morgan fingerprint density at radius 2 is 2.03 bits per heavy atom. The number of hydrogen-bond acceptors (Lipinski definition) is 10. The van der Waals surface area contributed by atoms with Crippen LogP contribution in [0.1, 0.15) is 32.7 Å². The molecule has 0 atom stereocenters. The molecule has 0 aromatic carbocycles. The van der Waals surface area contributed by atoms with Crippen LogP contribution in [0.5, 0.6) is 0 Å². The summed E-state index contributed by atoms with van der Waals surface area (Å²) >= 11 is 3.98. The lowest BCUT2D eigenvalue weighted by atomic mass is 10.2. The van der Waals surface area contributed by atoms with Crippen LogP contribution in [-0.2, 0) is 9.53 Å². The van der Waals surface area contributed by atoms with E-state index in [1.54, 1.807) is 35.9 Å². The summed E-state index contributed by atoms with van der Waals surface area (Å²) in [6, 6.07) is 0. The van der Waals surface area contributed by atoms with E-state index in [1.165, 1.54) is 16.6 Å². The van der Waals surface area contributed by atoms with Crippen LogP contribution in [0.2, 0.25) is 0 Å². The van der Waals surface area contributed by atoms with E-state index in [0.29, 0.717) is 20.9 Å². The number of thiazole rings is 1. The smallest absolute Gasteiger partial charge is 0.350 e. The van der Waals surface area contributed by atoms with Gasteiger partial charge in [0.25, 0.3) is 0 Å². The van der Waals surface area contributed by atoms with Gasteiger partial charge in [-0.25, -0.2) is 14.8 Å². The van der Waals surface area contributed by atoms with Crippen molar-refractivity contribution in [2.45, 2.75) is 32.9 Å². The second-order valence-electron chi connectivity index (χ2n) is 6.38. The van der Waals surface area contributed by atoms with Crippen LogP contribution in [0.15, 0.2) is 11.5 Å². The molecule has 0 aliphatic heterocycles. The molecule has 4 rings (SSSR count). The highest BCUT2D eigenvalue weighted by Gasteiger charge is 2.19. The zero-order valence-corrected chi connectivity index (χ0v) is 19.1. The maximum Gasteiger partial charge on any atom is 0.350 e. The molecule has 156 valence electrons. The van der Waals surface area contributed by atoms with Gasteiger partial charge in [0, 0.05) is 4.88 Å². The standard InChI is InChI=1S/C18H18N6O3S3/c1-5-27-16(26)13-9(3)20-17(30-13)21-11(25)6-28-18-23-22-14-12-8(2)10(4)29-15(12)19-7-24(14)18/h7H,5-6H2,1-4H3,(H,20,21,25). The molecule has 12 heteroatoms. The van der Waals surface area contributed by atoms with Gasteiger partial charge in [-0.15, -0.1) is 21.5 Å². The number of carbonyl (C=O) groups is 2. The molecule has 1 N–H and O–H groups in total. The van der Waals surface area contributed by atoms with E-state index in [1.807, 2.05) is 6.92 Å². The summed E-state index contributed by atoms with van der Waals surface area (Å²) in [4.78, 5) is 35.5. The predicted octanol–water partition coefficient (Wildman–Crippen LogP) is 3.63. The highest BCUT2D eigenvalue weighted by atomic mass is 32.2. The zero-order chi connectivity index (χ0) is 21.4. The van der Waals surface area contributed by atoms with E-state index in [0.717, 1.165) is 32.8 Å². The minimum absolute atomic E-state index is 0.119. The Balaban J connectivity index is 1.47. The summed E-state index contributed by atoms with van der Waals surface area (Å²) in [6.07, 6.45) is 1.68. The molecule has 9 nitrogen and oxygen atoms in total. The Hall–Kier alpha value is -2.57. The normalized spacial score (nSPS) is 11.3. The summed E-state index contributed by atoms with van der Waals surface area (Å²) in [5.41, 5.74) is 2.41. The van der Waals surface area contributed by atoms with Gasteiger partial charge in [0.2, 0.25) is 5.91 Å². The van der Waals surface area contributed by atoms with Crippen LogP contribution in [-0.4, -0.2) is 48.8 Å². The van der Waals surface area contributed by atoms with Crippen molar-refractivity contribution < 1.29 is 14.3 Å². The van der Waals surface area contributed by atoms with Gasteiger partial charge in [-0.1, -0.05) is 23.1 Å². The van der Waals surface area contributed by atoms with Crippen LogP contribution in [0.3, 0.4) is 0 Å². The molecule has 4 aromatic heterocycles. The lowest BCUT2D eigenvalue weighted by Crippen LogP contribution is -2.14. The molecule has 0 saturated carbocycles. The highest BCUT2D eigenvalue weighted by Crippen LogP contribution is 2.32. The Kier molecular flexibility index (Phi) is 5.71. The molecule has 0 spiro atoms. The first kappa shape index (κ1) is 20.7. The van der Waals surface area contributed by atoms with Crippen molar-refractivity contribution in [1.82, 2.24) is 24.6 Å². The fourth-order valence-corrected chi connectivity index (χ4v) is 5.42. The number of aryl methyl sites for hydroxylation is 3. The van der Waals surface area contributed by atoms with Gasteiger partial charge in [-0.05, 0) is 33.3 Å². The van der Waals surface area contributed by atoms with Gasteiger partial charge in [0.05, 0.1) is 23.4 Å². The Morgan fingerprint density at radius 1 is 1.23 bits per heavy atom. The highest BCUT2D eigenvalue weighted by molar-refractivity contribution is 7.99. The number of fused-ring (bicyclic) bond motifs is 3. The Bertz CT molecular complexity index is 1280. The van der Waals surface area contributed by atoms with Crippen LogP contribution in [0.25, 0.3) is 15.9 Å². The maximum atomic E-state index is 12.4. The van der Waals surface area contributed by atoms with Crippen molar-refractivity contribution >= 4 is 67.3 Å². The topological polar surface area (TPSA) is 111 Å². The van der Waals surface area contributed by atoms with Crippen molar-refractivity contribution in [3.8, 4) is 0 Å². The summed E-state index contributed by atoms with van der Waals surface area (Å²) in [6.45, 7) is 7.83. The van der Waals surface area contributed by atoms with E-state index in [-0.39, 0.29) is 18.3 Å². The van der Waals surface area contributed by atoms with Crippen molar-refractivity contribution in [2.75, 3.05) is 17.7 Å². The molecular weight excluding hydrogens is 444 g/mol. The van der Waals surface area contributed by atoms with Gasteiger partial charge < -0.3 is 10.1 Å². The molecule has 4 heterocycles. The van der Waals surface area contributed by atoms with Crippen molar-refractivity contribution in [3.63, 3.8) is 0 Å². The van der Waals surface area contributed by atoms with E-state index in [2.05, 4.69) is 32.4 Å². The number of nitrogens with zero attached hydrogens (tertiary/aromatic N) is 5. The number of rotatable bonds is 6. The first-order chi connectivity index (χ1) is 14.4. The monoisotopic (exact) mass is 462 g/mol. The average Bonchev–Trinajstić information content (AvgIpc) is 3.36. The molecule has 30 heavy (non-hydrogen) atoms. The number of ether oxygens (including phenoxy) is 1. The minimum Gasteiger partial charge on any atom is -0.462 e. The molecule has 0 bridgehead atoms. The molecule has 0 aliphatic rings. The number of thioether (sulfide) groups is 1. The zero-order valence-electron chi connectivity index (χ0n) is 16.7. The second-order valence-corrected chi connectivity index (χ2v) is 9.52. The molecule has 0 fully saturated rings. The number of aromatic nitrogens is 5. The number of nitrogens with one attached hydrogen (secondary N) is 1. The largest absolute Gasteiger partial charge is 0.462 e. The minimum atomic E-state index is -0.435. The molecule has 0 radical (unpaired) electrons. The molecule has 0 aliphatic carbocycles. The summed E-state index contributed by atoms with van der Waals surface area (Å²) in [7, 11) is 0. The number of esters is 1. The fraction of sp³-hybridized carbons (Fsp3) is 0.333. The number of hydrogen-bond donors (Lipinski definition) is 1. The van der Waals surface area contributed by atoms with Crippen LogP contribution in [0, 0.1) is 20.8 Å². The molecule has 4 aromatic rings. The number of carbonyl (C=O) groups excluding carboxylic acids is 2. The lowest BCUT2D eigenvalue weighted by Gasteiger charge is -2.01. The van der Waals surface area contributed by atoms with Gasteiger partial charge in [0.1, 0.15) is 16.0 Å². The van der Waals surface area contributed by atoms with E-state index in [9.17, 15) is 9.59 Å². The van der Waals surface area contributed by atoms with Crippen LogP contribution >= 0.6 is 34.4 Å². The lowest BCUT2D eigenvalue weighted by molar-refractivity contribution is -0.113. The van der Waals surface area contributed by atoms with Crippen molar-refractivity contribution in [1.29, 1.82) is 0 Å². The number of anilines is 1. The average molecular weight is 463 g/mol. The Morgan fingerprint density at radius 3 is 2.80 bits per heavy atom. The first-order valence-electron chi connectivity index (χ1n) is 9.05. The predicted molar refractivity (Wildman–Crippen MR) is 118 cm³/mol. The van der Waals surface area contributed by atoms with Crippen molar-refractivity contribution in [2.24, 2.45) is 0 Å². The third-order valence-corrected chi connectivity index (χ3v) is 7.49. The summed E-state index contributed by atoms with van der Waals surface area (Å²) in [5.74, 6) is -0.569. The summed E-state index contributed by atoms with van der Waals surface area (Å²) in [5, 5.41) is 13.2. The van der Waals surface area contributed by atoms with Crippen molar-refractivity contribution in [3.05, 3.63) is 27.3 Å². The van der Waals surface area contributed by atoms with E-state index < -0.39 is 5.97 Å². The van der Waals surface area contributed by atoms with Gasteiger partial charge in [-0.3, -0.25) is 9.20 Å². The van der Waals surface area contributed by atoms with Gasteiger partial charge >= 0.3 is 5.97 Å². The molecule has 0 unspecified atom stereocenters. The molecule has 0 saturated heterocycles. The van der Waals surface area contributed by atoms with Crippen LogP contribution in [0.4, 0.5) is 5.13 Å². The maximum absolute atomic E-state index is 12.4. The van der Waals surface area contributed by atoms with E-state index >= 15 is 0 Å². The molecule has 1 amide bonds. The van der Waals surface area contributed by atoms with Gasteiger partial charge in [0.15, 0.2) is 15.9 Å². The third-order valence-electron chi connectivity index (χ3n) is 4.38.